The molecule has 0 unspecified atom stereocenters. The summed E-state index contributed by atoms with van der Waals surface area (Å²) in [5.74, 6) is 0.767. The molecule has 0 aromatic carbocycles. The van der Waals surface area contributed by atoms with Gasteiger partial charge in [-0.2, -0.15) is 8.75 Å². The van der Waals surface area contributed by atoms with Crippen molar-refractivity contribution in [3.05, 3.63) is 11.9 Å². The van der Waals surface area contributed by atoms with Crippen molar-refractivity contribution in [2.75, 3.05) is 0 Å². The van der Waals surface area contributed by atoms with Gasteiger partial charge in [0.15, 0.2) is 5.78 Å². The van der Waals surface area contributed by atoms with E-state index in [4.69, 9.17) is 0 Å². The van der Waals surface area contributed by atoms with Gasteiger partial charge >= 0.3 is 0 Å². The van der Waals surface area contributed by atoms with Gasteiger partial charge in [0.2, 0.25) is 0 Å². The third kappa shape index (κ3) is 2.38. The number of carbonyl (C=O) groups is 1. The van der Waals surface area contributed by atoms with E-state index < -0.39 is 0 Å². The quantitative estimate of drug-likeness (QED) is 0.720. The third-order valence-corrected chi connectivity index (χ3v) is 3.32. The van der Waals surface area contributed by atoms with E-state index in [-0.39, 0.29) is 5.78 Å². The van der Waals surface area contributed by atoms with Gasteiger partial charge in [-0.15, -0.1) is 0 Å². The van der Waals surface area contributed by atoms with Crippen LogP contribution < -0.4 is 0 Å². The lowest BCUT2D eigenvalue weighted by Crippen LogP contribution is -2.12. The second kappa shape index (κ2) is 4.64. The molecule has 1 aromatic rings. The molecule has 14 heavy (non-hydrogen) atoms. The Bertz CT molecular complexity index is 291. The lowest BCUT2D eigenvalue weighted by molar-refractivity contribution is 0.0946. The van der Waals surface area contributed by atoms with Crippen LogP contribution in [0.1, 0.15) is 49.0 Å². The van der Waals surface area contributed by atoms with E-state index in [9.17, 15) is 4.79 Å². The van der Waals surface area contributed by atoms with Gasteiger partial charge in [0.25, 0.3) is 0 Å². The van der Waals surface area contributed by atoms with Gasteiger partial charge in [-0.25, -0.2) is 0 Å². The highest BCUT2D eigenvalue weighted by atomic mass is 32.1. The first-order chi connectivity index (χ1) is 6.86. The number of ketones is 1. The highest BCUT2D eigenvalue weighted by Gasteiger charge is 2.19. The molecule has 0 N–H and O–H groups in total. The zero-order valence-electron chi connectivity index (χ0n) is 8.11. The van der Waals surface area contributed by atoms with Crippen molar-refractivity contribution in [2.45, 2.75) is 38.5 Å². The van der Waals surface area contributed by atoms with Crippen molar-refractivity contribution >= 4 is 17.5 Å². The maximum atomic E-state index is 11.7. The number of carbonyl (C=O) groups excluding carboxylic acids is 1. The van der Waals surface area contributed by atoms with Gasteiger partial charge in [0.05, 0.1) is 17.9 Å². The Morgan fingerprint density at radius 3 is 2.86 bits per heavy atom. The summed E-state index contributed by atoms with van der Waals surface area (Å²) in [7, 11) is 0. The van der Waals surface area contributed by atoms with Crippen LogP contribution in [0.15, 0.2) is 6.20 Å². The summed E-state index contributed by atoms with van der Waals surface area (Å²) >= 11 is 1.11. The molecule has 1 aliphatic rings. The maximum Gasteiger partial charge on any atom is 0.184 e. The molecule has 0 radical (unpaired) electrons. The molecular formula is C10H14N2OS. The molecule has 0 aliphatic heterocycles. The van der Waals surface area contributed by atoms with Crippen molar-refractivity contribution in [3.8, 4) is 0 Å². The number of hydrogen-bond acceptors (Lipinski definition) is 4. The van der Waals surface area contributed by atoms with E-state index in [1.54, 1.807) is 6.20 Å². The standard InChI is InChI=1S/C10H14N2OS/c13-10(9-7-11-14-12-9)6-8-4-2-1-3-5-8/h7-8H,1-6H2. The fourth-order valence-electron chi connectivity index (χ4n) is 2.05. The second-order valence-electron chi connectivity index (χ2n) is 3.92. The summed E-state index contributed by atoms with van der Waals surface area (Å²) in [4.78, 5) is 11.7. The fourth-order valence-corrected chi connectivity index (χ4v) is 2.48. The summed E-state index contributed by atoms with van der Waals surface area (Å²) in [5.41, 5.74) is 0.556. The highest BCUT2D eigenvalue weighted by Crippen LogP contribution is 2.27. The van der Waals surface area contributed by atoms with Crippen LogP contribution in [0.2, 0.25) is 0 Å². The zero-order chi connectivity index (χ0) is 9.80. The van der Waals surface area contributed by atoms with Crippen LogP contribution in [-0.2, 0) is 0 Å². The summed E-state index contributed by atoms with van der Waals surface area (Å²) in [6.07, 6.45) is 8.58. The Hall–Kier alpha value is -0.770. The van der Waals surface area contributed by atoms with E-state index in [2.05, 4.69) is 8.75 Å². The molecule has 2 rings (SSSR count). The lowest BCUT2D eigenvalue weighted by atomic mass is 9.85. The van der Waals surface area contributed by atoms with Crippen LogP contribution in [0.5, 0.6) is 0 Å². The van der Waals surface area contributed by atoms with E-state index in [0.29, 0.717) is 18.0 Å². The Morgan fingerprint density at radius 1 is 1.43 bits per heavy atom. The average Bonchev–Trinajstić information content (AvgIpc) is 2.72. The van der Waals surface area contributed by atoms with Crippen LogP contribution in [0.3, 0.4) is 0 Å². The molecule has 0 amide bonds. The van der Waals surface area contributed by atoms with Crippen molar-refractivity contribution < 1.29 is 4.79 Å². The SMILES string of the molecule is O=C(CC1CCCCC1)c1cnsn1. The Kier molecular flexibility index (Phi) is 3.24. The monoisotopic (exact) mass is 210 g/mol. The largest absolute Gasteiger partial charge is 0.292 e. The van der Waals surface area contributed by atoms with Gasteiger partial charge in [-0.3, -0.25) is 4.79 Å². The predicted molar refractivity (Wildman–Crippen MR) is 55.4 cm³/mol. The van der Waals surface area contributed by atoms with Crippen molar-refractivity contribution in [1.29, 1.82) is 0 Å². The first-order valence-electron chi connectivity index (χ1n) is 5.17. The van der Waals surface area contributed by atoms with Crippen LogP contribution in [-0.4, -0.2) is 14.5 Å². The topological polar surface area (TPSA) is 42.9 Å². The Balaban J connectivity index is 1.87. The van der Waals surface area contributed by atoms with Gasteiger partial charge in [-0.05, 0) is 5.92 Å². The van der Waals surface area contributed by atoms with E-state index in [1.807, 2.05) is 0 Å². The molecule has 1 aromatic heterocycles. The van der Waals surface area contributed by atoms with Gasteiger partial charge in [0, 0.05) is 6.42 Å². The third-order valence-electron chi connectivity index (χ3n) is 2.85. The van der Waals surface area contributed by atoms with Crippen molar-refractivity contribution in [2.24, 2.45) is 5.92 Å². The molecule has 0 atom stereocenters. The van der Waals surface area contributed by atoms with Crippen LogP contribution in [0, 0.1) is 5.92 Å². The molecule has 1 heterocycles. The molecule has 76 valence electrons. The number of Topliss-reactive ketones (excluding diaryl/α,β-unsaturated/α-hetero) is 1. The van der Waals surface area contributed by atoms with Crippen molar-refractivity contribution in [3.63, 3.8) is 0 Å². The molecule has 3 nitrogen and oxygen atoms in total. The number of nitrogens with zero attached hydrogens (tertiary/aromatic N) is 2. The Labute approximate surface area is 87.9 Å². The second-order valence-corrected chi connectivity index (χ2v) is 4.48. The number of rotatable bonds is 3. The molecular weight excluding hydrogens is 196 g/mol. The number of hydrogen-bond donors (Lipinski definition) is 0. The minimum atomic E-state index is 0.172. The fraction of sp³-hybridized carbons (Fsp3) is 0.700. The smallest absolute Gasteiger partial charge is 0.184 e. The summed E-state index contributed by atoms with van der Waals surface area (Å²) in [6.45, 7) is 0. The lowest BCUT2D eigenvalue weighted by Gasteiger charge is -2.19. The van der Waals surface area contributed by atoms with Gasteiger partial charge < -0.3 is 0 Å². The summed E-state index contributed by atoms with van der Waals surface area (Å²) in [6, 6.07) is 0. The first kappa shape index (κ1) is 9.77. The molecule has 0 spiro atoms. The van der Waals surface area contributed by atoms with E-state index in [0.717, 1.165) is 11.7 Å². The minimum Gasteiger partial charge on any atom is -0.292 e. The molecule has 1 fully saturated rings. The van der Waals surface area contributed by atoms with Crippen LogP contribution in [0.4, 0.5) is 0 Å². The molecule has 1 saturated carbocycles. The molecule has 1 aliphatic carbocycles. The van der Waals surface area contributed by atoms with Crippen LogP contribution in [0.25, 0.3) is 0 Å². The highest BCUT2D eigenvalue weighted by molar-refractivity contribution is 6.99. The normalized spacial score (nSPS) is 18.3. The molecule has 0 saturated heterocycles. The number of aromatic nitrogens is 2. The maximum absolute atomic E-state index is 11.7. The zero-order valence-corrected chi connectivity index (χ0v) is 8.92. The Morgan fingerprint density at radius 2 is 2.21 bits per heavy atom. The molecule has 0 bridgehead atoms. The minimum absolute atomic E-state index is 0.172. The van der Waals surface area contributed by atoms with Gasteiger partial charge in [-0.1, -0.05) is 32.1 Å². The van der Waals surface area contributed by atoms with Gasteiger partial charge in [0.1, 0.15) is 5.69 Å². The van der Waals surface area contributed by atoms with E-state index >= 15 is 0 Å². The summed E-state index contributed by atoms with van der Waals surface area (Å²) < 4.78 is 7.81. The van der Waals surface area contributed by atoms with Crippen LogP contribution >= 0.6 is 11.7 Å². The average molecular weight is 210 g/mol. The summed E-state index contributed by atoms with van der Waals surface area (Å²) in [5, 5.41) is 0. The molecule has 4 heteroatoms. The first-order valence-corrected chi connectivity index (χ1v) is 5.90. The predicted octanol–water partition coefficient (Wildman–Crippen LogP) is 2.69. The van der Waals surface area contributed by atoms with E-state index in [1.165, 1.54) is 32.1 Å². The van der Waals surface area contributed by atoms with Crippen molar-refractivity contribution in [1.82, 2.24) is 8.75 Å².